The van der Waals surface area contributed by atoms with Crippen LogP contribution in [0.5, 0.6) is 0 Å². The van der Waals surface area contributed by atoms with Gasteiger partial charge in [0.2, 0.25) is 0 Å². The number of pyridine rings is 1. The summed E-state index contributed by atoms with van der Waals surface area (Å²) in [5.41, 5.74) is 5.39. The zero-order chi connectivity index (χ0) is 19.3. The number of benzene rings is 1. The van der Waals surface area contributed by atoms with Crippen molar-refractivity contribution in [3.05, 3.63) is 70.7 Å². The molecule has 1 aromatic carbocycles. The van der Waals surface area contributed by atoms with Crippen LogP contribution in [-0.4, -0.2) is 39.2 Å². The molecule has 3 aromatic rings. The van der Waals surface area contributed by atoms with E-state index in [0.29, 0.717) is 5.69 Å². The number of aromatic nitrogens is 2. The van der Waals surface area contributed by atoms with E-state index >= 15 is 0 Å². The van der Waals surface area contributed by atoms with Crippen molar-refractivity contribution in [3.63, 3.8) is 0 Å². The van der Waals surface area contributed by atoms with Gasteiger partial charge in [-0.1, -0.05) is 12.1 Å². The fourth-order valence-electron chi connectivity index (χ4n) is 4.09. The lowest BCUT2D eigenvalue weighted by Gasteiger charge is -2.31. The molecule has 0 spiro atoms. The maximum absolute atomic E-state index is 12.9. The summed E-state index contributed by atoms with van der Waals surface area (Å²) >= 11 is 0. The SMILES string of the molecule is Cc1ccc2ncc(C(=O)NC3CCc4cc(C(=O)N5CCC5)ccc43)n2c1. The molecule has 0 bridgehead atoms. The normalized spacial score (nSPS) is 18.0. The quantitative estimate of drug-likeness (QED) is 0.767. The highest BCUT2D eigenvalue weighted by molar-refractivity contribution is 5.95. The summed E-state index contributed by atoms with van der Waals surface area (Å²) < 4.78 is 1.83. The van der Waals surface area contributed by atoms with Gasteiger partial charge in [0.15, 0.2) is 0 Å². The number of rotatable bonds is 3. The Morgan fingerprint density at radius 2 is 2.04 bits per heavy atom. The smallest absolute Gasteiger partial charge is 0.270 e. The number of hydrogen-bond donors (Lipinski definition) is 1. The molecular formula is C22H22N4O2. The fraction of sp³-hybridized carbons (Fsp3) is 0.318. The second kappa shape index (κ2) is 6.48. The van der Waals surface area contributed by atoms with Gasteiger partial charge in [-0.15, -0.1) is 0 Å². The minimum Gasteiger partial charge on any atom is -0.344 e. The molecule has 2 aliphatic rings. The van der Waals surface area contributed by atoms with Crippen LogP contribution in [0.15, 0.2) is 42.7 Å². The minimum atomic E-state index is -0.128. The summed E-state index contributed by atoms with van der Waals surface area (Å²) in [5, 5.41) is 3.15. The van der Waals surface area contributed by atoms with Crippen LogP contribution >= 0.6 is 0 Å². The van der Waals surface area contributed by atoms with Gasteiger partial charge in [0, 0.05) is 24.8 Å². The lowest BCUT2D eigenvalue weighted by molar-refractivity contribution is 0.0651. The largest absolute Gasteiger partial charge is 0.344 e. The Balaban J connectivity index is 1.36. The number of imidazole rings is 1. The average Bonchev–Trinajstić information content (AvgIpc) is 3.23. The number of carbonyl (C=O) groups excluding carboxylic acids is 2. The zero-order valence-electron chi connectivity index (χ0n) is 15.8. The molecule has 1 aliphatic carbocycles. The van der Waals surface area contributed by atoms with E-state index < -0.39 is 0 Å². The summed E-state index contributed by atoms with van der Waals surface area (Å²) in [7, 11) is 0. The zero-order valence-corrected chi connectivity index (χ0v) is 15.8. The van der Waals surface area contributed by atoms with E-state index in [1.54, 1.807) is 6.20 Å². The van der Waals surface area contributed by atoms with E-state index in [2.05, 4.69) is 10.3 Å². The monoisotopic (exact) mass is 374 g/mol. The molecule has 6 nitrogen and oxygen atoms in total. The van der Waals surface area contributed by atoms with Crippen LogP contribution in [0.4, 0.5) is 0 Å². The van der Waals surface area contributed by atoms with E-state index in [-0.39, 0.29) is 17.9 Å². The van der Waals surface area contributed by atoms with Gasteiger partial charge >= 0.3 is 0 Å². The summed E-state index contributed by atoms with van der Waals surface area (Å²) in [6.45, 7) is 3.70. The first-order valence-electron chi connectivity index (χ1n) is 9.77. The molecule has 0 radical (unpaired) electrons. The fourth-order valence-corrected chi connectivity index (χ4v) is 4.09. The van der Waals surface area contributed by atoms with Crippen LogP contribution in [-0.2, 0) is 6.42 Å². The van der Waals surface area contributed by atoms with Gasteiger partial charge in [-0.2, -0.15) is 0 Å². The molecule has 1 saturated heterocycles. The topological polar surface area (TPSA) is 66.7 Å². The summed E-state index contributed by atoms with van der Waals surface area (Å²) in [6, 6.07) is 9.75. The number of aryl methyl sites for hydroxylation is 2. The number of nitrogens with one attached hydrogen (secondary N) is 1. The van der Waals surface area contributed by atoms with Crippen LogP contribution in [0.1, 0.15) is 56.4 Å². The van der Waals surface area contributed by atoms with Crippen LogP contribution in [0.2, 0.25) is 0 Å². The van der Waals surface area contributed by atoms with Gasteiger partial charge in [-0.3, -0.25) is 14.0 Å². The Morgan fingerprint density at radius 1 is 1.18 bits per heavy atom. The van der Waals surface area contributed by atoms with E-state index in [1.807, 2.05) is 52.8 Å². The molecule has 0 saturated carbocycles. The van der Waals surface area contributed by atoms with Crippen molar-refractivity contribution in [1.29, 1.82) is 0 Å². The number of carbonyl (C=O) groups is 2. The Morgan fingerprint density at radius 3 is 2.82 bits per heavy atom. The van der Waals surface area contributed by atoms with Crippen molar-refractivity contribution in [2.24, 2.45) is 0 Å². The Hall–Kier alpha value is -3.15. The van der Waals surface area contributed by atoms with Crippen LogP contribution < -0.4 is 5.32 Å². The van der Waals surface area contributed by atoms with E-state index in [4.69, 9.17) is 0 Å². The van der Waals surface area contributed by atoms with Crippen molar-refractivity contribution in [2.45, 2.75) is 32.2 Å². The molecule has 5 rings (SSSR count). The highest BCUT2D eigenvalue weighted by Gasteiger charge is 2.28. The third kappa shape index (κ3) is 2.76. The number of fused-ring (bicyclic) bond motifs is 2. The second-order valence-electron chi connectivity index (χ2n) is 7.70. The molecule has 28 heavy (non-hydrogen) atoms. The summed E-state index contributed by atoms with van der Waals surface area (Å²) in [4.78, 5) is 31.5. The lowest BCUT2D eigenvalue weighted by atomic mass is 10.0. The Labute approximate surface area is 163 Å². The molecule has 1 unspecified atom stereocenters. The van der Waals surface area contributed by atoms with Crippen LogP contribution in [0, 0.1) is 6.92 Å². The maximum Gasteiger partial charge on any atom is 0.270 e. The van der Waals surface area contributed by atoms with Crippen LogP contribution in [0.25, 0.3) is 5.65 Å². The molecule has 2 aromatic heterocycles. The van der Waals surface area contributed by atoms with Gasteiger partial charge in [0.25, 0.3) is 11.8 Å². The highest BCUT2D eigenvalue weighted by atomic mass is 16.2. The number of amides is 2. The predicted molar refractivity (Wildman–Crippen MR) is 105 cm³/mol. The standard InChI is InChI=1S/C22H22N4O2/c1-14-3-8-20-23-12-19(26(20)13-14)21(27)24-18-7-5-15-11-16(4-6-17(15)18)22(28)25-9-2-10-25/h3-4,6,8,11-13,18H,2,5,7,9-10H2,1H3,(H,24,27). The number of hydrogen-bond acceptors (Lipinski definition) is 3. The van der Waals surface area contributed by atoms with Crippen molar-refractivity contribution in [3.8, 4) is 0 Å². The van der Waals surface area contributed by atoms with Gasteiger partial charge in [0.05, 0.1) is 12.2 Å². The van der Waals surface area contributed by atoms with Gasteiger partial charge in [-0.05, 0) is 61.1 Å². The van der Waals surface area contributed by atoms with Crippen molar-refractivity contribution in [2.75, 3.05) is 13.1 Å². The van der Waals surface area contributed by atoms with Crippen molar-refractivity contribution in [1.82, 2.24) is 19.6 Å². The lowest BCUT2D eigenvalue weighted by Crippen LogP contribution is -2.42. The third-order valence-corrected chi connectivity index (χ3v) is 5.80. The molecule has 1 N–H and O–H groups in total. The minimum absolute atomic E-state index is 0.0361. The Kier molecular flexibility index (Phi) is 3.93. The van der Waals surface area contributed by atoms with E-state index in [1.165, 1.54) is 0 Å². The average molecular weight is 374 g/mol. The first-order valence-corrected chi connectivity index (χ1v) is 9.77. The molecule has 1 aliphatic heterocycles. The molecule has 2 amide bonds. The van der Waals surface area contributed by atoms with Gasteiger partial charge in [0.1, 0.15) is 11.3 Å². The Bertz CT molecular complexity index is 1100. The first-order chi connectivity index (χ1) is 13.6. The highest BCUT2D eigenvalue weighted by Crippen LogP contribution is 2.32. The van der Waals surface area contributed by atoms with Gasteiger partial charge < -0.3 is 10.2 Å². The molecule has 1 fully saturated rings. The van der Waals surface area contributed by atoms with Crippen molar-refractivity contribution < 1.29 is 9.59 Å². The second-order valence-corrected chi connectivity index (χ2v) is 7.70. The first kappa shape index (κ1) is 17.0. The third-order valence-electron chi connectivity index (χ3n) is 5.80. The van der Waals surface area contributed by atoms with E-state index in [9.17, 15) is 9.59 Å². The summed E-state index contributed by atoms with van der Waals surface area (Å²) in [6.07, 6.45) is 6.35. The summed E-state index contributed by atoms with van der Waals surface area (Å²) in [5.74, 6) is -0.0145. The molecular weight excluding hydrogens is 352 g/mol. The maximum atomic E-state index is 12.9. The number of nitrogens with zero attached hydrogens (tertiary/aromatic N) is 3. The molecule has 3 heterocycles. The molecule has 6 heteroatoms. The number of likely N-dealkylation sites (tertiary alicyclic amines) is 1. The van der Waals surface area contributed by atoms with Crippen LogP contribution in [0.3, 0.4) is 0 Å². The molecule has 1 atom stereocenters. The molecule has 142 valence electrons. The van der Waals surface area contributed by atoms with Crippen molar-refractivity contribution >= 4 is 17.5 Å². The van der Waals surface area contributed by atoms with E-state index in [0.717, 1.165) is 60.3 Å². The predicted octanol–water partition coefficient (Wildman–Crippen LogP) is 2.91. The van der Waals surface area contributed by atoms with Gasteiger partial charge in [-0.25, -0.2) is 4.98 Å².